The number of rotatable bonds is 2. The summed E-state index contributed by atoms with van der Waals surface area (Å²) in [5.74, 6) is 2.74. The smallest absolute Gasteiger partial charge is 0.160 e. The highest BCUT2D eigenvalue weighted by Crippen LogP contribution is 2.26. The van der Waals surface area contributed by atoms with Gasteiger partial charge in [-0.3, -0.25) is 0 Å². The van der Waals surface area contributed by atoms with E-state index in [1.807, 2.05) is 72.7 Å². The molecule has 0 amide bonds. The maximum absolute atomic E-state index is 9.17. The van der Waals surface area contributed by atoms with E-state index in [1.165, 1.54) is 24.8 Å². The Kier molecular flexibility index (Phi) is 21.6. The second-order valence-corrected chi connectivity index (χ2v) is 13.8. The van der Waals surface area contributed by atoms with Crippen molar-refractivity contribution in [3.63, 3.8) is 0 Å². The van der Waals surface area contributed by atoms with E-state index in [4.69, 9.17) is 74.9 Å². The van der Waals surface area contributed by atoms with Crippen LogP contribution in [0.25, 0.3) is 0 Å². The SMILES string of the molecule is COc1ccc(C)cc1O.COc1ccc(O)cc1C.Cc1cc(C)cc(O)c1.Cc1ccc(Cl)c(O)c1.Cc1ccc(O)cc1C.Oc1cc(Cl)cc(Cl)c1. The van der Waals surface area contributed by atoms with E-state index in [0.29, 0.717) is 32.3 Å². The number of halogens is 3. The van der Waals surface area contributed by atoms with E-state index in [2.05, 4.69) is 0 Å². The molecule has 0 atom stereocenters. The van der Waals surface area contributed by atoms with Gasteiger partial charge in [-0.1, -0.05) is 59.1 Å². The zero-order valence-corrected chi connectivity index (χ0v) is 35.3. The molecular formula is C45H51Cl3O8. The molecule has 0 heterocycles. The number of methoxy groups -OCH3 is 2. The van der Waals surface area contributed by atoms with Crippen LogP contribution < -0.4 is 9.47 Å². The molecule has 0 saturated heterocycles. The summed E-state index contributed by atoms with van der Waals surface area (Å²) in [5.41, 5.74) is 7.54. The number of hydrogen-bond acceptors (Lipinski definition) is 8. The highest BCUT2D eigenvalue weighted by Gasteiger charge is 1.99. The zero-order chi connectivity index (χ0) is 42.5. The van der Waals surface area contributed by atoms with Crippen molar-refractivity contribution in [1.29, 1.82) is 0 Å². The summed E-state index contributed by atoms with van der Waals surface area (Å²) in [6.45, 7) is 13.6. The first-order valence-electron chi connectivity index (χ1n) is 17.0. The summed E-state index contributed by atoms with van der Waals surface area (Å²) in [5, 5.41) is 55.2. The average Bonchev–Trinajstić information content (AvgIpc) is 3.09. The normalized spacial score (nSPS) is 9.50. The molecule has 6 aromatic rings. The number of hydrogen-bond donors (Lipinski definition) is 6. The highest BCUT2D eigenvalue weighted by atomic mass is 35.5. The third kappa shape index (κ3) is 19.8. The Labute approximate surface area is 345 Å². The van der Waals surface area contributed by atoms with Gasteiger partial charge < -0.3 is 40.1 Å². The molecule has 300 valence electrons. The summed E-state index contributed by atoms with van der Waals surface area (Å²) < 4.78 is 9.84. The number of phenolic OH excluding ortho intramolecular Hbond substituents is 6. The Hall–Kier alpha value is -5.41. The van der Waals surface area contributed by atoms with Crippen LogP contribution in [0.4, 0.5) is 0 Å². The molecule has 0 bridgehead atoms. The summed E-state index contributed by atoms with van der Waals surface area (Å²) in [6.07, 6.45) is 0. The van der Waals surface area contributed by atoms with E-state index in [0.717, 1.165) is 39.1 Å². The number of aromatic hydroxyl groups is 6. The van der Waals surface area contributed by atoms with Gasteiger partial charge in [0.15, 0.2) is 11.5 Å². The van der Waals surface area contributed by atoms with Gasteiger partial charge in [-0.05, 0) is 172 Å². The molecule has 6 aromatic carbocycles. The fourth-order valence-electron chi connectivity index (χ4n) is 4.50. The topological polar surface area (TPSA) is 140 Å². The van der Waals surface area contributed by atoms with Gasteiger partial charge in [0.05, 0.1) is 19.2 Å². The third-order valence-electron chi connectivity index (χ3n) is 7.36. The highest BCUT2D eigenvalue weighted by molar-refractivity contribution is 6.34. The summed E-state index contributed by atoms with van der Waals surface area (Å²) in [7, 11) is 3.14. The molecule has 8 nitrogen and oxygen atoms in total. The lowest BCUT2D eigenvalue weighted by Gasteiger charge is -2.02. The van der Waals surface area contributed by atoms with Crippen molar-refractivity contribution >= 4 is 34.8 Å². The molecule has 56 heavy (non-hydrogen) atoms. The van der Waals surface area contributed by atoms with Crippen LogP contribution >= 0.6 is 34.8 Å². The van der Waals surface area contributed by atoms with Crippen molar-refractivity contribution in [3.05, 3.63) is 163 Å². The van der Waals surface area contributed by atoms with Gasteiger partial charge in [0.2, 0.25) is 0 Å². The minimum absolute atomic E-state index is 0.0903. The third-order valence-corrected chi connectivity index (χ3v) is 8.11. The van der Waals surface area contributed by atoms with Crippen molar-refractivity contribution in [1.82, 2.24) is 0 Å². The molecule has 0 unspecified atom stereocenters. The van der Waals surface area contributed by atoms with Crippen LogP contribution in [0.1, 0.15) is 38.9 Å². The minimum Gasteiger partial charge on any atom is -0.508 e. The Morgan fingerprint density at radius 1 is 0.357 bits per heavy atom. The minimum atomic E-state index is 0.0903. The molecule has 6 N–H and O–H groups in total. The lowest BCUT2D eigenvalue weighted by molar-refractivity contribution is 0.373. The molecule has 0 spiro atoms. The van der Waals surface area contributed by atoms with Gasteiger partial charge in [0, 0.05) is 10.0 Å². The van der Waals surface area contributed by atoms with Gasteiger partial charge >= 0.3 is 0 Å². The van der Waals surface area contributed by atoms with Crippen LogP contribution in [0, 0.1) is 48.5 Å². The predicted molar refractivity (Wildman–Crippen MR) is 230 cm³/mol. The van der Waals surface area contributed by atoms with Crippen LogP contribution in [0.2, 0.25) is 15.1 Å². The quantitative estimate of drug-likeness (QED) is 0.101. The van der Waals surface area contributed by atoms with Gasteiger partial charge in [-0.15, -0.1) is 0 Å². The van der Waals surface area contributed by atoms with E-state index in [1.54, 1.807) is 79.9 Å². The number of aryl methyl sites for hydroxylation is 7. The fourth-order valence-corrected chi connectivity index (χ4v) is 5.13. The van der Waals surface area contributed by atoms with Gasteiger partial charge in [-0.2, -0.15) is 0 Å². The van der Waals surface area contributed by atoms with E-state index in [9.17, 15) is 0 Å². The first kappa shape index (κ1) is 48.6. The Balaban J connectivity index is 0.000000336. The molecule has 0 aliphatic rings. The molecule has 0 aromatic heterocycles. The predicted octanol–water partition coefficient (Wildman–Crippen LogP) is 12.5. The Morgan fingerprint density at radius 3 is 1.20 bits per heavy atom. The average molecular weight is 826 g/mol. The molecule has 0 aliphatic heterocycles. The maximum atomic E-state index is 9.17. The maximum Gasteiger partial charge on any atom is 0.160 e. The number of ether oxygens (including phenoxy) is 2. The first-order valence-corrected chi connectivity index (χ1v) is 18.2. The molecule has 0 saturated carbocycles. The first-order chi connectivity index (χ1) is 26.2. The molecule has 0 fully saturated rings. The lowest BCUT2D eigenvalue weighted by Crippen LogP contribution is -1.84. The molecule has 11 heteroatoms. The fraction of sp³-hybridized carbons (Fsp3) is 0.200. The molecule has 0 aliphatic carbocycles. The van der Waals surface area contributed by atoms with Crippen molar-refractivity contribution in [3.8, 4) is 46.0 Å². The van der Waals surface area contributed by atoms with Crippen LogP contribution in [0.5, 0.6) is 46.0 Å². The summed E-state index contributed by atoms with van der Waals surface area (Å²) in [4.78, 5) is 0. The van der Waals surface area contributed by atoms with Gasteiger partial charge in [-0.25, -0.2) is 0 Å². The largest absolute Gasteiger partial charge is 0.508 e. The van der Waals surface area contributed by atoms with Crippen molar-refractivity contribution in [2.45, 2.75) is 48.5 Å². The standard InChI is InChI=1S/2C8H10O2.2C8H10O.C7H7ClO.C6H4Cl2O/c1-6-5-7(9)3-4-8(6)10-2;1-6-3-4-8(10-2)7(9)5-6;1-6-3-7(2)5-8(9)4-6;1-6-3-4-8(9)5-7(6)2;1-5-2-3-6(8)7(9)4-5;7-4-1-5(8)3-6(9)2-4/h2*3-5,9H,1-2H3;2*3-5,9H,1-2H3;2-4,9H,1H3;1-3,9H. The van der Waals surface area contributed by atoms with Crippen molar-refractivity contribution in [2.24, 2.45) is 0 Å². The zero-order valence-electron chi connectivity index (χ0n) is 33.0. The van der Waals surface area contributed by atoms with Crippen LogP contribution in [0.3, 0.4) is 0 Å². The van der Waals surface area contributed by atoms with Gasteiger partial charge in [0.25, 0.3) is 0 Å². The van der Waals surface area contributed by atoms with Gasteiger partial charge in [0.1, 0.15) is 34.5 Å². The van der Waals surface area contributed by atoms with E-state index < -0.39 is 0 Å². The van der Waals surface area contributed by atoms with Crippen LogP contribution in [-0.4, -0.2) is 44.9 Å². The Bertz CT molecular complexity index is 1870. The Morgan fingerprint density at radius 2 is 0.804 bits per heavy atom. The second-order valence-electron chi connectivity index (χ2n) is 12.5. The van der Waals surface area contributed by atoms with Crippen molar-refractivity contribution in [2.75, 3.05) is 14.2 Å². The molecule has 0 radical (unpaired) electrons. The number of benzene rings is 6. The summed E-state index contributed by atoms with van der Waals surface area (Å²) >= 11 is 16.5. The van der Waals surface area contributed by atoms with E-state index >= 15 is 0 Å². The molecular weight excluding hydrogens is 775 g/mol. The number of phenols is 6. The van der Waals surface area contributed by atoms with Crippen LogP contribution in [-0.2, 0) is 0 Å². The lowest BCUT2D eigenvalue weighted by atomic mass is 10.1. The van der Waals surface area contributed by atoms with Crippen molar-refractivity contribution < 1.29 is 40.1 Å². The van der Waals surface area contributed by atoms with E-state index in [-0.39, 0.29) is 23.0 Å². The second kappa shape index (κ2) is 24.9. The summed E-state index contributed by atoms with van der Waals surface area (Å²) in [6, 6.07) is 30.7. The molecule has 6 rings (SSSR count). The van der Waals surface area contributed by atoms with Crippen LogP contribution in [0.15, 0.2) is 109 Å². The monoisotopic (exact) mass is 824 g/mol.